The zero-order chi connectivity index (χ0) is 33.5. The quantitative estimate of drug-likeness (QED) is 0.0513. The molecule has 258 valence electrons. The third-order valence-electron chi connectivity index (χ3n) is 8.82. The predicted octanol–water partition coefficient (Wildman–Crippen LogP) is 9.75. The summed E-state index contributed by atoms with van der Waals surface area (Å²) in [7, 11) is 0. The van der Waals surface area contributed by atoms with Gasteiger partial charge in [0.15, 0.2) is 0 Å². The summed E-state index contributed by atoms with van der Waals surface area (Å²) in [4.78, 5) is 36.4. The molecule has 0 amide bonds. The Morgan fingerprint density at radius 3 is 1.85 bits per heavy atom. The molecule has 7 nitrogen and oxygen atoms in total. The van der Waals surface area contributed by atoms with Crippen molar-refractivity contribution in [2.75, 3.05) is 13.2 Å². The Morgan fingerprint density at radius 1 is 0.681 bits per heavy atom. The van der Waals surface area contributed by atoms with Crippen molar-refractivity contribution in [1.82, 2.24) is 0 Å². The Morgan fingerprint density at radius 2 is 1.23 bits per heavy atom. The van der Waals surface area contributed by atoms with E-state index in [9.17, 15) is 14.4 Å². The van der Waals surface area contributed by atoms with Crippen LogP contribution in [-0.2, 0) is 25.5 Å². The maximum absolute atomic E-state index is 12.7. The van der Waals surface area contributed by atoms with Crippen molar-refractivity contribution >= 4 is 17.9 Å². The van der Waals surface area contributed by atoms with E-state index in [0.29, 0.717) is 23.7 Å². The number of carbonyl (C=O) groups excluding carboxylic acids is 3. The third-order valence-corrected chi connectivity index (χ3v) is 8.82. The molecule has 0 bridgehead atoms. The normalized spacial score (nSPS) is 15.9. The standard InChI is InChI=1S/C40H56O7/c1-3-5-6-15-30-44-35-24-22-34(23-25-35)40(43)47-37-28-26-36(27-29-37)46-39(42)33-20-18-32(19-21-33)17-14-12-10-8-7-9-11-13-16-31-45-38(41)4-2/h4,18-21,26-29,34-35H,2-3,5-17,22-25,30-31H2,1H3. The molecule has 0 saturated heterocycles. The van der Waals surface area contributed by atoms with Crippen LogP contribution in [0.25, 0.3) is 0 Å². The first-order valence-corrected chi connectivity index (χ1v) is 18.0. The molecule has 0 aromatic heterocycles. The summed E-state index contributed by atoms with van der Waals surface area (Å²) in [6.45, 7) is 6.90. The third kappa shape index (κ3) is 15.8. The number of carbonyl (C=O) groups is 3. The zero-order valence-electron chi connectivity index (χ0n) is 28.6. The molecular formula is C40H56O7. The molecule has 47 heavy (non-hydrogen) atoms. The van der Waals surface area contributed by atoms with Crippen LogP contribution in [0.4, 0.5) is 0 Å². The van der Waals surface area contributed by atoms with Gasteiger partial charge in [0.2, 0.25) is 0 Å². The van der Waals surface area contributed by atoms with Gasteiger partial charge in [-0.1, -0.05) is 89.8 Å². The number of aryl methyl sites for hydroxylation is 1. The van der Waals surface area contributed by atoms with E-state index in [1.54, 1.807) is 24.3 Å². The van der Waals surface area contributed by atoms with Gasteiger partial charge in [0.05, 0.1) is 24.2 Å². The SMILES string of the molecule is C=CC(=O)OCCCCCCCCCCCc1ccc(C(=O)Oc2ccc(OC(=O)C3CCC(OCCCCCC)CC3)cc2)cc1. The molecule has 0 unspecified atom stereocenters. The van der Waals surface area contributed by atoms with E-state index in [4.69, 9.17) is 18.9 Å². The summed E-state index contributed by atoms with van der Waals surface area (Å²) in [6.07, 6.45) is 21.1. The number of ether oxygens (including phenoxy) is 4. The van der Waals surface area contributed by atoms with Crippen molar-refractivity contribution in [2.24, 2.45) is 5.92 Å². The molecule has 0 N–H and O–H groups in total. The van der Waals surface area contributed by atoms with Gasteiger partial charge < -0.3 is 18.9 Å². The number of esters is 3. The first-order valence-electron chi connectivity index (χ1n) is 18.0. The van der Waals surface area contributed by atoms with E-state index >= 15 is 0 Å². The fraction of sp³-hybridized carbons (Fsp3) is 0.575. The van der Waals surface area contributed by atoms with Crippen molar-refractivity contribution in [3.63, 3.8) is 0 Å². The zero-order valence-corrected chi connectivity index (χ0v) is 28.6. The second-order valence-corrected chi connectivity index (χ2v) is 12.7. The minimum atomic E-state index is -0.414. The molecule has 1 fully saturated rings. The van der Waals surface area contributed by atoms with Crippen LogP contribution in [0.5, 0.6) is 11.5 Å². The van der Waals surface area contributed by atoms with Crippen molar-refractivity contribution in [3.05, 3.63) is 72.3 Å². The van der Waals surface area contributed by atoms with Crippen LogP contribution >= 0.6 is 0 Å². The molecule has 1 saturated carbocycles. The number of hydrogen-bond donors (Lipinski definition) is 0. The van der Waals surface area contributed by atoms with Gasteiger partial charge in [-0.05, 0) is 93.3 Å². The monoisotopic (exact) mass is 648 g/mol. The van der Waals surface area contributed by atoms with Gasteiger partial charge >= 0.3 is 17.9 Å². The Kier molecular flexibility index (Phi) is 18.6. The van der Waals surface area contributed by atoms with Crippen LogP contribution in [0.1, 0.15) is 132 Å². The Hall–Kier alpha value is -3.45. The highest BCUT2D eigenvalue weighted by molar-refractivity contribution is 5.91. The molecule has 1 aliphatic rings. The number of rotatable bonds is 23. The van der Waals surface area contributed by atoms with E-state index in [0.717, 1.165) is 64.4 Å². The molecule has 0 heterocycles. The number of hydrogen-bond acceptors (Lipinski definition) is 7. The van der Waals surface area contributed by atoms with Gasteiger partial charge in [-0.2, -0.15) is 0 Å². The van der Waals surface area contributed by atoms with Crippen molar-refractivity contribution in [1.29, 1.82) is 0 Å². The van der Waals surface area contributed by atoms with E-state index in [-0.39, 0.29) is 24.0 Å². The van der Waals surface area contributed by atoms with Crippen molar-refractivity contribution in [2.45, 2.75) is 129 Å². The predicted molar refractivity (Wildman–Crippen MR) is 186 cm³/mol. The summed E-state index contributed by atoms with van der Waals surface area (Å²) in [5.41, 5.74) is 1.72. The lowest BCUT2D eigenvalue weighted by Gasteiger charge is -2.27. The summed E-state index contributed by atoms with van der Waals surface area (Å²) in [6, 6.07) is 14.3. The van der Waals surface area contributed by atoms with Gasteiger partial charge in [0.1, 0.15) is 11.5 Å². The van der Waals surface area contributed by atoms with Gasteiger partial charge in [0, 0.05) is 12.7 Å². The molecule has 3 rings (SSSR count). The summed E-state index contributed by atoms with van der Waals surface area (Å²) < 4.78 is 22.2. The molecule has 2 aromatic carbocycles. The van der Waals surface area contributed by atoms with E-state index in [1.807, 2.05) is 24.3 Å². The Balaban J connectivity index is 1.25. The molecular weight excluding hydrogens is 592 g/mol. The van der Waals surface area contributed by atoms with E-state index in [2.05, 4.69) is 13.5 Å². The molecule has 0 spiro atoms. The topological polar surface area (TPSA) is 88.1 Å². The van der Waals surface area contributed by atoms with Crippen LogP contribution < -0.4 is 9.47 Å². The molecule has 0 atom stereocenters. The highest BCUT2D eigenvalue weighted by atomic mass is 16.5. The van der Waals surface area contributed by atoms with E-state index < -0.39 is 5.97 Å². The minimum absolute atomic E-state index is 0.106. The van der Waals surface area contributed by atoms with Crippen LogP contribution in [0, 0.1) is 5.92 Å². The molecule has 7 heteroatoms. The summed E-state index contributed by atoms with van der Waals surface area (Å²) in [5.74, 6) is -0.205. The highest BCUT2D eigenvalue weighted by Crippen LogP contribution is 2.29. The number of unbranched alkanes of at least 4 members (excludes halogenated alkanes) is 11. The van der Waals surface area contributed by atoms with Gasteiger partial charge in [0.25, 0.3) is 0 Å². The highest BCUT2D eigenvalue weighted by Gasteiger charge is 2.28. The lowest BCUT2D eigenvalue weighted by Crippen LogP contribution is -2.29. The first-order chi connectivity index (χ1) is 23.0. The first kappa shape index (κ1) is 38.0. The number of benzene rings is 2. The van der Waals surface area contributed by atoms with Crippen LogP contribution in [0.15, 0.2) is 61.2 Å². The average molecular weight is 649 g/mol. The van der Waals surface area contributed by atoms with Crippen molar-refractivity contribution in [3.8, 4) is 11.5 Å². The molecule has 0 radical (unpaired) electrons. The smallest absolute Gasteiger partial charge is 0.343 e. The minimum Gasteiger partial charge on any atom is -0.463 e. The lowest BCUT2D eigenvalue weighted by molar-refractivity contribution is -0.141. The fourth-order valence-electron chi connectivity index (χ4n) is 5.89. The second-order valence-electron chi connectivity index (χ2n) is 12.7. The molecule has 1 aliphatic carbocycles. The van der Waals surface area contributed by atoms with Gasteiger partial charge in [-0.15, -0.1) is 0 Å². The van der Waals surface area contributed by atoms with Crippen LogP contribution in [0.2, 0.25) is 0 Å². The molecule has 0 aliphatic heterocycles. The second kappa shape index (κ2) is 23.0. The van der Waals surface area contributed by atoms with Crippen LogP contribution in [0.3, 0.4) is 0 Å². The maximum Gasteiger partial charge on any atom is 0.343 e. The fourth-order valence-corrected chi connectivity index (χ4v) is 5.89. The van der Waals surface area contributed by atoms with Gasteiger partial charge in [-0.25, -0.2) is 9.59 Å². The average Bonchev–Trinajstić information content (AvgIpc) is 3.09. The Labute approximate surface area is 282 Å². The Bertz CT molecular complexity index is 1180. The van der Waals surface area contributed by atoms with Crippen molar-refractivity contribution < 1.29 is 33.3 Å². The van der Waals surface area contributed by atoms with Crippen LogP contribution in [-0.4, -0.2) is 37.2 Å². The van der Waals surface area contributed by atoms with Gasteiger partial charge in [-0.3, -0.25) is 4.79 Å². The maximum atomic E-state index is 12.7. The van der Waals surface area contributed by atoms with E-state index in [1.165, 1.54) is 69.4 Å². The summed E-state index contributed by atoms with van der Waals surface area (Å²) in [5, 5.41) is 0. The molecule has 2 aromatic rings. The largest absolute Gasteiger partial charge is 0.463 e. The summed E-state index contributed by atoms with van der Waals surface area (Å²) >= 11 is 0. The lowest BCUT2D eigenvalue weighted by atomic mass is 9.87.